The average molecular weight is 207 g/mol. The van der Waals surface area contributed by atoms with Gasteiger partial charge in [-0.3, -0.25) is 4.68 Å². The van der Waals surface area contributed by atoms with Crippen molar-refractivity contribution in [1.29, 1.82) is 0 Å². The third kappa shape index (κ3) is 1.61. The van der Waals surface area contributed by atoms with E-state index < -0.39 is 0 Å². The number of aromatic nitrogens is 3. The highest BCUT2D eigenvalue weighted by Gasteiger charge is 2.41. The van der Waals surface area contributed by atoms with Crippen LogP contribution in [0.1, 0.15) is 19.3 Å². The Hall–Kier alpha value is -1.10. The fourth-order valence-electron chi connectivity index (χ4n) is 3.04. The van der Waals surface area contributed by atoms with E-state index in [1.54, 1.807) is 6.33 Å². The van der Waals surface area contributed by atoms with E-state index in [2.05, 4.69) is 15.0 Å². The molecule has 3 heterocycles. The van der Waals surface area contributed by atoms with Crippen LogP contribution in [0.2, 0.25) is 0 Å². The van der Waals surface area contributed by atoms with Gasteiger partial charge in [0.25, 0.3) is 0 Å². The molecule has 2 aliphatic heterocycles. The van der Waals surface area contributed by atoms with Gasteiger partial charge in [-0.05, 0) is 32.4 Å². The van der Waals surface area contributed by atoms with Gasteiger partial charge in [0.2, 0.25) is 5.95 Å². The highest BCUT2D eigenvalue weighted by atomic mass is 15.4. The maximum Gasteiger partial charge on any atom is 0.239 e. The second-order valence-corrected chi connectivity index (χ2v) is 4.93. The summed E-state index contributed by atoms with van der Waals surface area (Å²) in [4.78, 5) is 6.54. The molecule has 2 aliphatic rings. The Kier molecular flexibility index (Phi) is 1.95. The quantitative estimate of drug-likeness (QED) is 0.760. The Morgan fingerprint density at radius 1 is 1.40 bits per heavy atom. The summed E-state index contributed by atoms with van der Waals surface area (Å²) in [6.45, 7) is 4.74. The minimum atomic E-state index is 0.386. The molecule has 0 spiro atoms. The number of nitrogens with two attached hydrogens (primary N) is 1. The second-order valence-electron chi connectivity index (χ2n) is 4.93. The van der Waals surface area contributed by atoms with Gasteiger partial charge in [0.05, 0.1) is 0 Å². The summed E-state index contributed by atoms with van der Waals surface area (Å²) in [7, 11) is 0. The molecule has 0 aromatic carbocycles. The Morgan fingerprint density at radius 2 is 2.33 bits per heavy atom. The van der Waals surface area contributed by atoms with Crippen molar-refractivity contribution in [3.8, 4) is 0 Å². The average Bonchev–Trinajstić information content (AvgIpc) is 2.73. The van der Waals surface area contributed by atoms with Crippen molar-refractivity contribution in [1.82, 2.24) is 19.7 Å². The summed E-state index contributed by atoms with van der Waals surface area (Å²) >= 11 is 0. The molecule has 0 aliphatic carbocycles. The predicted molar refractivity (Wildman–Crippen MR) is 57.2 cm³/mol. The lowest BCUT2D eigenvalue weighted by molar-refractivity contribution is 0.154. The molecule has 1 aromatic heterocycles. The number of fused-ring (bicyclic) bond motifs is 2. The first kappa shape index (κ1) is 9.15. The van der Waals surface area contributed by atoms with Crippen molar-refractivity contribution in [3.63, 3.8) is 0 Å². The van der Waals surface area contributed by atoms with Crippen molar-refractivity contribution in [2.24, 2.45) is 5.41 Å². The monoisotopic (exact) mass is 207 g/mol. The first-order valence-electron chi connectivity index (χ1n) is 5.63. The summed E-state index contributed by atoms with van der Waals surface area (Å²) in [5.41, 5.74) is 5.97. The second kappa shape index (κ2) is 3.20. The molecular formula is C10H17N5. The Morgan fingerprint density at radius 3 is 3.13 bits per heavy atom. The van der Waals surface area contributed by atoms with Crippen molar-refractivity contribution in [3.05, 3.63) is 6.33 Å². The molecule has 2 fully saturated rings. The standard InChI is InChI=1S/C10H17N5/c11-9-12-8-15(13-9)7-10-2-1-4-14(6-10)5-3-10/h8H,1-7H2,(H2,11,13). The highest BCUT2D eigenvalue weighted by Crippen LogP contribution is 2.40. The van der Waals surface area contributed by atoms with Crippen LogP contribution in [0.4, 0.5) is 5.95 Å². The topological polar surface area (TPSA) is 60.0 Å². The van der Waals surface area contributed by atoms with E-state index in [-0.39, 0.29) is 0 Å². The van der Waals surface area contributed by atoms with Crippen LogP contribution in [-0.4, -0.2) is 39.3 Å². The molecule has 2 unspecified atom stereocenters. The van der Waals surface area contributed by atoms with Gasteiger partial charge in [-0.1, -0.05) is 0 Å². The first-order chi connectivity index (χ1) is 7.26. The number of hydrogen-bond donors (Lipinski definition) is 1. The molecule has 2 bridgehead atoms. The molecule has 2 saturated heterocycles. The lowest BCUT2D eigenvalue weighted by Gasteiger charge is -2.33. The number of rotatable bonds is 2. The molecule has 0 radical (unpaired) electrons. The third-order valence-corrected chi connectivity index (χ3v) is 3.75. The molecule has 82 valence electrons. The fourth-order valence-corrected chi connectivity index (χ4v) is 3.04. The van der Waals surface area contributed by atoms with Crippen LogP contribution in [0.5, 0.6) is 0 Å². The smallest absolute Gasteiger partial charge is 0.239 e. The molecular weight excluding hydrogens is 190 g/mol. The van der Waals surface area contributed by atoms with Gasteiger partial charge in [0.1, 0.15) is 6.33 Å². The molecule has 2 N–H and O–H groups in total. The SMILES string of the molecule is Nc1ncn(CC23CCCN(CC2)C3)n1. The van der Waals surface area contributed by atoms with Gasteiger partial charge in [-0.25, -0.2) is 4.98 Å². The maximum atomic E-state index is 5.53. The summed E-state index contributed by atoms with van der Waals surface area (Å²) in [5.74, 6) is 0.386. The molecule has 0 amide bonds. The zero-order chi connectivity index (χ0) is 10.3. The van der Waals surface area contributed by atoms with E-state index in [1.165, 1.54) is 38.9 Å². The van der Waals surface area contributed by atoms with E-state index in [9.17, 15) is 0 Å². The zero-order valence-corrected chi connectivity index (χ0v) is 8.89. The van der Waals surface area contributed by atoms with Crippen LogP contribution in [0.25, 0.3) is 0 Å². The zero-order valence-electron chi connectivity index (χ0n) is 8.89. The number of piperidine rings is 1. The van der Waals surface area contributed by atoms with Crippen LogP contribution in [0.3, 0.4) is 0 Å². The molecule has 2 atom stereocenters. The minimum Gasteiger partial charge on any atom is -0.367 e. The summed E-state index contributed by atoms with van der Waals surface area (Å²) in [5, 5.41) is 4.18. The van der Waals surface area contributed by atoms with Crippen LogP contribution in [0.15, 0.2) is 6.33 Å². The number of anilines is 1. The predicted octanol–water partition coefficient (Wildman–Crippen LogP) is 0.346. The van der Waals surface area contributed by atoms with Crippen LogP contribution < -0.4 is 5.73 Å². The lowest BCUT2D eigenvalue weighted by Crippen LogP contribution is -2.36. The Balaban J connectivity index is 1.77. The van der Waals surface area contributed by atoms with E-state index in [4.69, 9.17) is 5.73 Å². The van der Waals surface area contributed by atoms with Gasteiger partial charge in [0, 0.05) is 18.5 Å². The molecule has 1 aromatic rings. The van der Waals surface area contributed by atoms with Gasteiger partial charge < -0.3 is 10.6 Å². The summed E-state index contributed by atoms with van der Waals surface area (Å²) < 4.78 is 1.91. The largest absolute Gasteiger partial charge is 0.367 e. The van der Waals surface area contributed by atoms with Gasteiger partial charge in [-0.15, -0.1) is 5.10 Å². The Labute approximate surface area is 89.3 Å². The molecule has 15 heavy (non-hydrogen) atoms. The minimum absolute atomic E-state index is 0.386. The fraction of sp³-hybridized carbons (Fsp3) is 0.800. The van der Waals surface area contributed by atoms with Gasteiger partial charge in [-0.2, -0.15) is 0 Å². The lowest BCUT2D eigenvalue weighted by atomic mass is 9.81. The third-order valence-electron chi connectivity index (χ3n) is 3.75. The maximum absolute atomic E-state index is 5.53. The van der Waals surface area contributed by atoms with Crippen molar-refractivity contribution in [2.45, 2.75) is 25.8 Å². The van der Waals surface area contributed by atoms with Crippen LogP contribution in [-0.2, 0) is 6.54 Å². The van der Waals surface area contributed by atoms with E-state index in [1.807, 2.05) is 4.68 Å². The molecule has 5 nitrogen and oxygen atoms in total. The molecule has 5 heteroatoms. The van der Waals surface area contributed by atoms with Gasteiger partial charge >= 0.3 is 0 Å². The van der Waals surface area contributed by atoms with E-state index in [0.717, 1.165) is 6.54 Å². The van der Waals surface area contributed by atoms with E-state index >= 15 is 0 Å². The molecule has 0 saturated carbocycles. The highest BCUT2D eigenvalue weighted by molar-refractivity contribution is 5.09. The van der Waals surface area contributed by atoms with E-state index in [0.29, 0.717) is 11.4 Å². The first-order valence-corrected chi connectivity index (χ1v) is 5.63. The number of hydrogen-bond acceptors (Lipinski definition) is 4. The summed E-state index contributed by atoms with van der Waals surface area (Å²) in [6.07, 6.45) is 5.70. The van der Waals surface area contributed by atoms with Crippen LogP contribution in [0, 0.1) is 5.41 Å². The van der Waals surface area contributed by atoms with Gasteiger partial charge in [0.15, 0.2) is 0 Å². The number of nitrogen functional groups attached to an aromatic ring is 1. The van der Waals surface area contributed by atoms with Crippen LogP contribution >= 0.6 is 0 Å². The van der Waals surface area contributed by atoms with Crippen molar-refractivity contribution < 1.29 is 0 Å². The molecule has 3 rings (SSSR count). The number of nitrogens with zero attached hydrogens (tertiary/aromatic N) is 4. The Bertz CT molecular complexity index is 356. The van der Waals surface area contributed by atoms with Crippen molar-refractivity contribution in [2.75, 3.05) is 25.4 Å². The normalized spacial score (nSPS) is 34.5. The van der Waals surface area contributed by atoms with Crippen molar-refractivity contribution >= 4 is 5.95 Å². The summed E-state index contributed by atoms with van der Waals surface area (Å²) in [6, 6.07) is 0.